The van der Waals surface area contributed by atoms with Crippen LogP contribution in [0.5, 0.6) is 5.75 Å². The van der Waals surface area contributed by atoms with Gasteiger partial charge in [0.2, 0.25) is 0 Å². The van der Waals surface area contributed by atoms with Gasteiger partial charge in [-0.15, -0.1) is 10.2 Å². The highest BCUT2D eigenvalue weighted by molar-refractivity contribution is 5.68. The van der Waals surface area contributed by atoms with E-state index in [4.69, 9.17) is 0 Å². The second kappa shape index (κ2) is 5.17. The third kappa shape index (κ3) is 2.40. The topological polar surface area (TPSA) is 50.9 Å². The highest BCUT2D eigenvalue weighted by atomic mass is 16.3. The van der Waals surface area contributed by atoms with Crippen molar-refractivity contribution in [1.82, 2.24) is 14.8 Å². The SMILES string of the molecule is CC1C=CC=C(n2cnnc2-c2cccc(O)c2)C=C1. The first-order valence-electron chi connectivity index (χ1n) is 6.50. The number of nitrogens with zero attached hydrogens (tertiary/aromatic N) is 3. The molecule has 100 valence electrons. The van der Waals surface area contributed by atoms with Gasteiger partial charge in [-0.25, -0.2) is 0 Å². The summed E-state index contributed by atoms with van der Waals surface area (Å²) in [6.07, 6.45) is 12.0. The average Bonchev–Trinajstić information content (AvgIpc) is 2.82. The molecular formula is C16H15N3O. The molecule has 20 heavy (non-hydrogen) atoms. The monoisotopic (exact) mass is 265 g/mol. The smallest absolute Gasteiger partial charge is 0.168 e. The number of aromatic nitrogens is 3. The van der Waals surface area contributed by atoms with Gasteiger partial charge in [0.1, 0.15) is 12.1 Å². The Kier molecular flexibility index (Phi) is 3.21. The van der Waals surface area contributed by atoms with Gasteiger partial charge < -0.3 is 5.11 Å². The number of phenolic OH excluding ortho intramolecular Hbond substituents is 1. The fourth-order valence-electron chi connectivity index (χ4n) is 2.13. The van der Waals surface area contributed by atoms with Crippen molar-refractivity contribution in [1.29, 1.82) is 0 Å². The number of hydrogen-bond acceptors (Lipinski definition) is 3. The molecule has 0 saturated carbocycles. The highest BCUT2D eigenvalue weighted by Crippen LogP contribution is 2.24. The molecule has 0 radical (unpaired) electrons. The lowest BCUT2D eigenvalue weighted by molar-refractivity contribution is 0.475. The Morgan fingerprint density at radius 1 is 1.25 bits per heavy atom. The maximum Gasteiger partial charge on any atom is 0.168 e. The fourth-order valence-corrected chi connectivity index (χ4v) is 2.13. The zero-order valence-corrected chi connectivity index (χ0v) is 11.1. The summed E-state index contributed by atoms with van der Waals surface area (Å²) < 4.78 is 1.91. The minimum atomic E-state index is 0.218. The van der Waals surface area contributed by atoms with E-state index in [1.165, 1.54) is 0 Å². The molecule has 1 aromatic heterocycles. The molecule has 1 heterocycles. The van der Waals surface area contributed by atoms with E-state index in [2.05, 4.69) is 35.3 Å². The molecule has 1 atom stereocenters. The van der Waals surface area contributed by atoms with E-state index in [-0.39, 0.29) is 5.75 Å². The average molecular weight is 265 g/mol. The lowest BCUT2D eigenvalue weighted by Gasteiger charge is -2.07. The number of aromatic hydroxyl groups is 1. The summed E-state index contributed by atoms with van der Waals surface area (Å²) in [6, 6.07) is 7.02. The van der Waals surface area contributed by atoms with E-state index in [0.29, 0.717) is 11.7 Å². The van der Waals surface area contributed by atoms with Gasteiger partial charge in [-0.3, -0.25) is 4.57 Å². The van der Waals surface area contributed by atoms with Crippen LogP contribution in [-0.2, 0) is 0 Å². The van der Waals surface area contributed by atoms with Crippen molar-refractivity contribution in [2.45, 2.75) is 6.92 Å². The number of allylic oxidation sites excluding steroid dienone is 6. The molecule has 0 saturated heterocycles. The third-order valence-electron chi connectivity index (χ3n) is 3.18. The van der Waals surface area contributed by atoms with Crippen LogP contribution >= 0.6 is 0 Å². The van der Waals surface area contributed by atoms with Gasteiger partial charge in [-0.1, -0.05) is 37.3 Å². The quantitative estimate of drug-likeness (QED) is 0.906. The Hall–Kier alpha value is -2.62. The minimum absolute atomic E-state index is 0.218. The van der Waals surface area contributed by atoms with Gasteiger partial charge in [-0.05, 0) is 30.2 Å². The molecule has 4 nitrogen and oxygen atoms in total. The van der Waals surface area contributed by atoms with Gasteiger partial charge in [0.05, 0.1) is 0 Å². The summed E-state index contributed by atoms with van der Waals surface area (Å²) in [5.74, 6) is 1.33. The summed E-state index contributed by atoms with van der Waals surface area (Å²) in [5.41, 5.74) is 1.83. The van der Waals surface area contributed by atoms with E-state index in [9.17, 15) is 5.11 Å². The Morgan fingerprint density at radius 2 is 2.15 bits per heavy atom. The van der Waals surface area contributed by atoms with Gasteiger partial charge in [0.15, 0.2) is 5.82 Å². The third-order valence-corrected chi connectivity index (χ3v) is 3.18. The summed E-state index contributed by atoms with van der Waals surface area (Å²) in [7, 11) is 0. The van der Waals surface area contributed by atoms with Crippen molar-refractivity contribution in [3.63, 3.8) is 0 Å². The number of hydrogen-bond donors (Lipinski definition) is 1. The summed E-state index contributed by atoms with van der Waals surface area (Å²) in [4.78, 5) is 0. The van der Waals surface area contributed by atoms with Crippen molar-refractivity contribution in [3.8, 4) is 17.1 Å². The predicted octanol–water partition coefficient (Wildman–Crippen LogP) is 3.25. The zero-order chi connectivity index (χ0) is 13.9. The lowest BCUT2D eigenvalue weighted by Crippen LogP contribution is -1.96. The molecule has 1 unspecified atom stereocenters. The molecule has 0 bridgehead atoms. The molecule has 2 aromatic rings. The molecule has 1 aliphatic rings. The normalized spacial score (nSPS) is 17.9. The first kappa shape index (κ1) is 12.4. The Balaban J connectivity index is 2.05. The Morgan fingerprint density at radius 3 is 3.00 bits per heavy atom. The van der Waals surface area contributed by atoms with Gasteiger partial charge in [0.25, 0.3) is 0 Å². The lowest BCUT2D eigenvalue weighted by atomic mass is 10.1. The van der Waals surface area contributed by atoms with Crippen LogP contribution in [-0.4, -0.2) is 19.9 Å². The summed E-state index contributed by atoms with van der Waals surface area (Å²) >= 11 is 0. The van der Waals surface area contributed by atoms with Crippen LogP contribution in [0.2, 0.25) is 0 Å². The van der Waals surface area contributed by atoms with Crippen LogP contribution in [0, 0.1) is 5.92 Å². The molecule has 1 aromatic carbocycles. The van der Waals surface area contributed by atoms with E-state index < -0.39 is 0 Å². The van der Waals surface area contributed by atoms with Crippen LogP contribution < -0.4 is 0 Å². The molecule has 1 aliphatic carbocycles. The summed E-state index contributed by atoms with van der Waals surface area (Å²) in [6.45, 7) is 2.13. The van der Waals surface area contributed by atoms with E-state index in [1.807, 2.05) is 22.8 Å². The highest BCUT2D eigenvalue weighted by Gasteiger charge is 2.10. The molecule has 0 spiro atoms. The van der Waals surface area contributed by atoms with E-state index in [0.717, 1.165) is 11.3 Å². The molecule has 0 amide bonds. The summed E-state index contributed by atoms with van der Waals surface area (Å²) in [5, 5.41) is 17.7. The van der Waals surface area contributed by atoms with Crippen LogP contribution in [0.4, 0.5) is 0 Å². The molecule has 4 heteroatoms. The predicted molar refractivity (Wildman–Crippen MR) is 78.8 cm³/mol. The van der Waals surface area contributed by atoms with Gasteiger partial charge >= 0.3 is 0 Å². The molecular weight excluding hydrogens is 250 g/mol. The van der Waals surface area contributed by atoms with Crippen molar-refractivity contribution >= 4 is 5.70 Å². The Bertz CT molecular complexity index is 710. The standard InChI is InChI=1S/C16H15N3O/c1-12-4-2-6-14(9-8-12)19-11-17-18-16(19)13-5-3-7-15(20)10-13/h2-12,20H,1H3. The minimum Gasteiger partial charge on any atom is -0.508 e. The second-order valence-electron chi connectivity index (χ2n) is 4.77. The second-order valence-corrected chi connectivity index (χ2v) is 4.77. The largest absolute Gasteiger partial charge is 0.508 e. The van der Waals surface area contributed by atoms with Crippen molar-refractivity contribution in [3.05, 3.63) is 61.0 Å². The number of benzene rings is 1. The molecule has 0 fully saturated rings. The van der Waals surface area contributed by atoms with Crippen LogP contribution in [0.3, 0.4) is 0 Å². The van der Waals surface area contributed by atoms with Crippen LogP contribution in [0.15, 0.2) is 61.0 Å². The maximum absolute atomic E-state index is 9.60. The van der Waals surface area contributed by atoms with Crippen molar-refractivity contribution in [2.24, 2.45) is 5.92 Å². The number of phenols is 1. The van der Waals surface area contributed by atoms with Gasteiger partial charge in [0, 0.05) is 11.3 Å². The van der Waals surface area contributed by atoms with Crippen LogP contribution in [0.25, 0.3) is 17.1 Å². The zero-order valence-electron chi connectivity index (χ0n) is 11.1. The van der Waals surface area contributed by atoms with Crippen LogP contribution in [0.1, 0.15) is 6.92 Å². The van der Waals surface area contributed by atoms with Gasteiger partial charge in [-0.2, -0.15) is 0 Å². The number of rotatable bonds is 2. The molecule has 0 aliphatic heterocycles. The molecule has 1 N–H and O–H groups in total. The molecule has 3 rings (SSSR count). The van der Waals surface area contributed by atoms with Crippen molar-refractivity contribution in [2.75, 3.05) is 0 Å². The van der Waals surface area contributed by atoms with E-state index >= 15 is 0 Å². The fraction of sp³-hybridized carbons (Fsp3) is 0.125. The van der Waals surface area contributed by atoms with E-state index in [1.54, 1.807) is 24.5 Å². The first-order chi connectivity index (χ1) is 9.74. The Labute approximate surface area is 117 Å². The first-order valence-corrected chi connectivity index (χ1v) is 6.50. The van der Waals surface area contributed by atoms with Crippen molar-refractivity contribution < 1.29 is 5.11 Å². The maximum atomic E-state index is 9.60.